The van der Waals surface area contributed by atoms with Crippen molar-refractivity contribution >= 4 is 50.5 Å². The van der Waals surface area contributed by atoms with Crippen molar-refractivity contribution in [2.75, 3.05) is 26.2 Å². The zero-order valence-electron chi connectivity index (χ0n) is 18.8. The highest BCUT2D eigenvalue weighted by Crippen LogP contribution is 2.20. The number of amides is 3. The van der Waals surface area contributed by atoms with E-state index in [1.807, 2.05) is 0 Å². The quantitative estimate of drug-likeness (QED) is 0.476. The number of carbonyl (C=O) groups is 3. The van der Waals surface area contributed by atoms with Gasteiger partial charge in [0.2, 0.25) is 15.2 Å². The standard InChI is InChI=1S/C24H21ClFN3O5S2/c25-17-5-3-16(4-6-17)23(31)28-11-13-29(14-12-28)24(32)22(27-21(30)20-2-1-15-35-20)36(33,34)19-9-7-18(26)8-10-19/h1-10,15,22H,11-14H2,(H,27,30). The first-order chi connectivity index (χ1) is 17.2. The molecule has 3 amide bonds. The molecule has 12 heteroatoms. The minimum atomic E-state index is -4.41. The van der Waals surface area contributed by atoms with Crippen LogP contribution in [0.3, 0.4) is 0 Å². The summed E-state index contributed by atoms with van der Waals surface area (Å²) in [6.07, 6.45) is 0. The van der Waals surface area contributed by atoms with Crippen molar-refractivity contribution in [3.05, 3.63) is 87.3 Å². The van der Waals surface area contributed by atoms with Crippen molar-refractivity contribution in [2.24, 2.45) is 0 Å². The fourth-order valence-electron chi connectivity index (χ4n) is 3.70. The summed E-state index contributed by atoms with van der Waals surface area (Å²) in [6, 6.07) is 13.6. The van der Waals surface area contributed by atoms with Gasteiger partial charge in [-0.2, -0.15) is 0 Å². The van der Waals surface area contributed by atoms with Gasteiger partial charge < -0.3 is 15.1 Å². The Morgan fingerprint density at radius 2 is 1.53 bits per heavy atom. The lowest BCUT2D eigenvalue weighted by molar-refractivity contribution is -0.132. The van der Waals surface area contributed by atoms with E-state index in [0.717, 1.165) is 35.6 Å². The molecule has 188 valence electrons. The van der Waals surface area contributed by atoms with Crippen molar-refractivity contribution in [1.82, 2.24) is 15.1 Å². The number of sulfone groups is 1. The van der Waals surface area contributed by atoms with Crippen molar-refractivity contribution in [2.45, 2.75) is 10.3 Å². The summed E-state index contributed by atoms with van der Waals surface area (Å²) >= 11 is 6.97. The number of hydrogen-bond donors (Lipinski definition) is 1. The lowest BCUT2D eigenvalue weighted by atomic mass is 10.2. The van der Waals surface area contributed by atoms with Crippen LogP contribution in [0.4, 0.5) is 4.39 Å². The molecule has 1 N–H and O–H groups in total. The number of piperazine rings is 1. The van der Waals surface area contributed by atoms with Gasteiger partial charge in [-0.3, -0.25) is 14.4 Å². The van der Waals surface area contributed by atoms with E-state index in [1.165, 1.54) is 11.0 Å². The van der Waals surface area contributed by atoms with Gasteiger partial charge in [0.15, 0.2) is 0 Å². The molecule has 1 unspecified atom stereocenters. The zero-order valence-corrected chi connectivity index (χ0v) is 21.2. The van der Waals surface area contributed by atoms with E-state index in [0.29, 0.717) is 10.6 Å². The molecule has 2 aromatic carbocycles. The number of nitrogens with zero attached hydrogens (tertiary/aromatic N) is 2. The molecule has 1 aliphatic heterocycles. The van der Waals surface area contributed by atoms with Crippen LogP contribution in [0.1, 0.15) is 20.0 Å². The number of benzene rings is 2. The van der Waals surface area contributed by atoms with Gasteiger partial charge >= 0.3 is 0 Å². The Morgan fingerprint density at radius 3 is 2.11 bits per heavy atom. The minimum Gasteiger partial charge on any atom is -0.336 e. The number of thiophene rings is 1. The van der Waals surface area contributed by atoms with Crippen LogP contribution < -0.4 is 5.32 Å². The summed E-state index contributed by atoms with van der Waals surface area (Å²) < 4.78 is 40.1. The van der Waals surface area contributed by atoms with E-state index < -0.39 is 32.8 Å². The maximum atomic E-state index is 13.4. The summed E-state index contributed by atoms with van der Waals surface area (Å²) in [5, 5.41) is 2.57. The highest BCUT2D eigenvalue weighted by Gasteiger charge is 2.39. The molecule has 1 aliphatic rings. The smallest absolute Gasteiger partial charge is 0.262 e. The fraction of sp³-hybridized carbons (Fsp3) is 0.208. The normalized spacial score (nSPS) is 14.8. The molecule has 3 aromatic rings. The first-order valence-corrected chi connectivity index (χ1v) is 13.6. The Bertz CT molecular complexity index is 1360. The topological polar surface area (TPSA) is 104 Å². The van der Waals surface area contributed by atoms with Crippen LogP contribution in [-0.4, -0.2) is 67.5 Å². The average Bonchev–Trinajstić information content (AvgIpc) is 3.42. The minimum absolute atomic E-state index is 0.0719. The molecule has 8 nitrogen and oxygen atoms in total. The molecule has 0 bridgehead atoms. The average molecular weight is 550 g/mol. The highest BCUT2D eigenvalue weighted by atomic mass is 35.5. The first kappa shape index (κ1) is 25.8. The maximum Gasteiger partial charge on any atom is 0.262 e. The summed E-state index contributed by atoms with van der Waals surface area (Å²) in [6.45, 7) is 0.496. The first-order valence-electron chi connectivity index (χ1n) is 10.8. The van der Waals surface area contributed by atoms with Gasteiger partial charge in [0.05, 0.1) is 9.77 Å². The van der Waals surface area contributed by atoms with E-state index in [1.54, 1.807) is 40.6 Å². The third-order valence-corrected chi connectivity index (χ3v) is 8.64. The second kappa shape index (κ2) is 10.8. The number of rotatable bonds is 6. The van der Waals surface area contributed by atoms with E-state index in [2.05, 4.69) is 5.32 Å². The van der Waals surface area contributed by atoms with Gasteiger partial charge in [-0.1, -0.05) is 17.7 Å². The molecular formula is C24H21ClFN3O5S2. The Balaban J connectivity index is 1.53. The molecule has 4 rings (SSSR count). The number of halogens is 2. The van der Waals surface area contributed by atoms with Crippen LogP contribution in [0.25, 0.3) is 0 Å². The SMILES string of the molecule is O=C(NC(C(=O)N1CCN(C(=O)c2ccc(Cl)cc2)CC1)S(=O)(=O)c1ccc(F)cc1)c1cccs1. The van der Waals surface area contributed by atoms with Gasteiger partial charge in [0.1, 0.15) is 5.82 Å². The van der Waals surface area contributed by atoms with Gasteiger partial charge in [0.25, 0.3) is 17.7 Å². The third kappa shape index (κ3) is 5.58. The second-order valence-corrected chi connectivity index (χ2v) is 11.4. The maximum absolute atomic E-state index is 13.4. The predicted molar refractivity (Wildman–Crippen MR) is 133 cm³/mol. The van der Waals surface area contributed by atoms with Crippen LogP contribution in [0.5, 0.6) is 0 Å². The molecule has 0 saturated carbocycles. The fourth-order valence-corrected chi connectivity index (χ4v) is 5.92. The Kier molecular flexibility index (Phi) is 7.72. The van der Waals surface area contributed by atoms with Gasteiger partial charge in [-0.05, 0) is 60.0 Å². The van der Waals surface area contributed by atoms with Crippen molar-refractivity contribution in [3.8, 4) is 0 Å². The van der Waals surface area contributed by atoms with Crippen LogP contribution in [0.2, 0.25) is 5.02 Å². The van der Waals surface area contributed by atoms with E-state index in [4.69, 9.17) is 11.6 Å². The second-order valence-electron chi connectivity index (χ2n) is 7.95. The number of carbonyl (C=O) groups excluding carboxylic acids is 3. The van der Waals surface area contributed by atoms with Gasteiger partial charge in [0, 0.05) is 36.8 Å². The lowest BCUT2D eigenvalue weighted by Gasteiger charge is -2.36. The molecule has 2 heterocycles. The van der Waals surface area contributed by atoms with Crippen molar-refractivity contribution in [1.29, 1.82) is 0 Å². The predicted octanol–water partition coefficient (Wildman–Crippen LogP) is 3.06. The third-order valence-electron chi connectivity index (χ3n) is 5.65. The molecule has 0 radical (unpaired) electrons. The molecule has 36 heavy (non-hydrogen) atoms. The number of nitrogens with one attached hydrogen (secondary N) is 1. The van der Waals surface area contributed by atoms with E-state index >= 15 is 0 Å². The largest absolute Gasteiger partial charge is 0.336 e. The Morgan fingerprint density at radius 1 is 0.917 bits per heavy atom. The summed E-state index contributed by atoms with van der Waals surface area (Å²) in [7, 11) is -4.41. The van der Waals surface area contributed by atoms with E-state index in [-0.39, 0.29) is 41.9 Å². The van der Waals surface area contributed by atoms with Gasteiger partial charge in [-0.15, -0.1) is 11.3 Å². The van der Waals surface area contributed by atoms with E-state index in [9.17, 15) is 27.2 Å². The molecule has 0 spiro atoms. The Hall–Kier alpha value is -3.28. The zero-order chi connectivity index (χ0) is 25.9. The molecule has 1 fully saturated rings. The summed E-state index contributed by atoms with van der Waals surface area (Å²) in [5.41, 5.74) is 0.444. The van der Waals surface area contributed by atoms with Crippen LogP contribution >= 0.6 is 22.9 Å². The molecule has 1 atom stereocenters. The number of hydrogen-bond acceptors (Lipinski definition) is 6. The van der Waals surface area contributed by atoms with Crippen LogP contribution in [0, 0.1) is 5.82 Å². The molecule has 1 saturated heterocycles. The van der Waals surface area contributed by atoms with Crippen molar-refractivity contribution in [3.63, 3.8) is 0 Å². The lowest BCUT2D eigenvalue weighted by Crippen LogP contribution is -2.57. The summed E-state index contributed by atoms with van der Waals surface area (Å²) in [5.74, 6) is -2.42. The highest BCUT2D eigenvalue weighted by molar-refractivity contribution is 7.92. The molecule has 1 aromatic heterocycles. The summed E-state index contributed by atoms with van der Waals surface area (Å²) in [4.78, 5) is 41.7. The molecular weight excluding hydrogens is 529 g/mol. The molecule has 0 aliphatic carbocycles. The van der Waals surface area contributed by atoms with Crippen LogP contribution in [-0.2, 0) is 14.6 Å². The Labute approximate surface area is 216 Å². The van der Waals surface area contributed by atoms with Gasteiger partial charge in [-0.25, -0.2) is 12.8 Å². The van der Waals surface area contributed by atoms with Crippen LogP contribution in [0.15, 0.2) is 70.9 Å². The van der Waals surface area contributed by atoms with Crippen molar-refractivity contribution < 1.29 is 27.2 Å². The monoisotopic (exact) mass is 549 g/mol.